The van der Waals surface area contributed by atoms with Gasteiger partial charge in [0.15, 0.2) is 0 Å². The molecule has 0 unspecified atom stereocenters. The maximum atomic E-state index is 12.6. The summed E-state index contributed by atoms with van der Waals surface area (Å²) < 4.78 is 37.7. The first-order chi connectivity index (χ1) is 9.47. The van der Waals surface area contributed by atoms with Gasteiger partial charge in [0.25, 0.3) is 0 Å². The number of likely N-dealkylation sites (N-methyl/N-ethyl adjacent to an activating group) is 1. The van der Waals surface area contributed by atoms with Gasteiger partial charge in [-0.1, -0.05) is 32.0 Å². The zero-order valence-electron chi connectivity index (χ0n) is 12.1. The normalized spacial score (nSPS) is 12.1. The SMILES string of the molecule is CCCN(CC)CCNCc1cccc(C(F)(F)F)c1. The lowest BCUT2D eigenvalue weighted by Gasteiger charge is -2.19. The predicted molar refractivity (Wildman–Crippen MR) is 75.6 cm³/mol. The van der Waals surface area contributed by atoms with Crippen LogP contribution in [0.3, 0.4) is 0 Å². The van der Waals surface area contributed by atoms with E-state index in [4.69, 9.17) is 0 Å². The first kappa shape index (κ1) is 17.0. The molecule has 0 aliphatic heterocycles. The molecule has 0 spiro atoms. The summed E-state index contributed by atoms with van der Waals surface area (Å²) in [6, 6.07) is 5.47. The fourth-order valence-corrected chi connectivity index (χ4v) is 2.07. The van der Waals surface area contributed by atoms with Gasteiger partial charge in [0.1, 0.15) is 0 Å². The van der Waals surface area contributed by atoms with Crippen LogP contribution in [0.1, 0.15) is 31.4 Å². The van der Waals surface area contributed by atoms with Gasteiger partial charge in [-0.3, -0.25) is 0 Å². The summed E-state index contributed by atoms with van der Waals surface area (Å²) in [5, 5.41) is 3.19. The summed E-state index contributed by atoms with van der Waals surface area (Å²) in [7, 11) is 0. The number of rotatable bonds is 8. The minimum atomic E-state index is -4.27. The van der Waals surface area contributed by atoms with E-state index in [9.17, 15) is 13.2 Å². The van der Waals surface area contributed by atoms with E-state index in [1.165, 1.54) is 12.1 Å². The maximum absolute atomic E-state index is 12.6. The molecule has 0 fully saturated rings. The van der Waals surface area contributed by atoms with Crippen molar-refractivity contribution in [1.29, 1.82) is 0 Å². The van der Waals surface area contributed by atoms with Crippen LogP contribution >= 0.6 is 0 Å². The van der Waals surface area contributed by atoms with Crippen molar-refractivity contribution in [2.24, 2.45) is 0 Å². The molecule has 0 amide bonds. The number of hydrogen-bond donors (Lipinski definition) is 1. The van der Waals surface area contributed by atoms with Gasteiger partial charge < -0.3 is 10.2 Å². The van der Waals surface area contributed by atoms with E-state index < -0.39 is 11.7 Å². The molecule has 0 aliphatic rings. The Morgan fingerprint density at radius 2 is 1.90 bits per heavy atom. The summed E-state index contributed by atoms with van der Waals surface area (Å²) in [5.41, 5.74) is 0.0799. The fourth-order valence-electron chi connectivity index (χ4n) is 2.07. The lowest BCUT2D eigenvalue weighted by Crippen LogP contribution is -2.32. The van der Waals surface area contributed by atoms with Crippen LogP contribution in [0.2, 0.25) is 0 Å². The van der Waals surface area contributed by atoms with E-state index in [1.807, 2.05) is 0 Å². The van der Waals surface area contributed by atoms with Gasteiger partial charge in [0.2, 0.25) is 0 Å². The molecular weight excluding hydrogens is 265 g/mol. The molecule has 1 N–H and O–H groups in total. The molecule has 1 aromatic rings. The lowest BCUT2D eigenvalue weighted by molar-refractivity contribution is -0.137. The number of nitrogens with one attached hydrogen (secondary N) is 1. The molecule has 0 bridgehead atoms. The van der Waals surface area contributed by atoms with Crippen molar-refractivity contribution in [2.75, 3.05) is 26.2 Å². The second-order valence-corrected chi connectivity index (χ2v) is 4.81. The maximum Gasteiger partial charge on any atom is 0.416 e. The molecule has 0 radical (unpaired) electrons. The van der Waals surface area contributed by atoms with E-state index in [0.717, 1.165) is 38.7 Å². The van der Waals surface area contributed by atoms with Crippen molar-refractivity contribution in [3.05, 3.63) is 35.4 Å². The molecule has 0 aliphatic carbocycles. The third-order valence-electron chi connectivity index (χ3n) is 3.18. The van der Waals surface area contributed by atoms with Crippen LogP contribution in [0.4, 0.5) is 13.2 Å². The molecule has 1 rings (SSSR count). The van der Waals surface area contributed by atoms with E-state index in [1.54, 1.807) is 6.07 Å². The van der Waals surface area contributed by atoms with Gasteiger partial charge in [0, 0.05) is 19.6 Å². The summed E-state index contributed by atoms with van der Waals surface area (Å²) >= 11 is 0. The van der Waals surface area contributed by atoms with Crippen molar-refractivity contribution in [3.63, 3.8) is 0 Å². The number of benzene rings is 1. The zero-order chi connectivity index (χ0) is 15.0. The highest BCUT2D eigenvalue weighted by molar-refractivity contribution is 5.25. The largest absolute Gasteiger partial charge is 0.416 e. The van der Waals surface area contributed by atoms with Crippen LogP contribution in [0.25, 0.3) is 0 Å². The Bertz CT molecular complexity index is 391. The molecule has 5 heteroatoms. The average molecular weight is 288 g/mol. The number of alkyl halides is 3. The number of nitrogens with zero attached hydrogens (tertiary/aromatic N) is 1. The molecule has 0 aromatic heterocycles. The highest BCUT2D eigenvalue weighted by atomic mass is 19.4. The second-order valence-electron chi connectivity index (χ2n) is 4.81. The van der Waals surface area contributed by atoms with Gasteiger partial charge in [0.05, 0.1) is 5.56 Å². The van der Waals surface area contributed by atoms with Crippen LogP contribution in [0, 0.1) is 0 Å². The summed E-state index contributed by atoms with van der Waals surface area (Å²) in [4.78, 5) is 2.32. The summed E-state index contributed by atoms with van der Waals surface area (Å²) in [6.45, 7) is 8.48. The minimum Gasteiger partial charge on any atom is -0.311 e. The Hall–Kier alpha value is -1.07. The fraction of sp³-hybridized carbons (Fsp3) is 0.600. The quantitative estimate of drug-likeness (QED) is 0.736. The van der Waals surface area contributed by atoms with E-state index in [0.29, 0.717) is 12.1 Å². The zero-order valence-corrected chi connectivity index (χ0v) is 12.1. The monoisotopic (exact) mass is 288 g/mol. The standard InChI is InChI=1S/C15H23F3N2/c1-3-9-20(4-2)10-8-19-12-13-6-5-7-14(11-13)15(16,17)18/h5-7,11,19H,3-4,8-10,12H2,1-2H3. The molecule has 0 saturated carbocycles. The number of hydrogen-bond acceptors (Lipinski definition) is 2. The second kappa shape index (κ2) is 8.27. The Balaban J connectivity index is 2.39. The first-order valence-electron chi connectivity index (χ1n) is 7.06. The van der Waals surface area contributed by atoms with Crippen LogP contribution < -0.4 is 5.32 Å². The van der Waals surface area contributed by atoms with Crippen LogP contribution in [0.5, 0.6) is 0 Å². The molecule has 114 valence electrons. The molecule has 0 saturated heterocycles. The van der Waals surface area contributed by atoms with Crippen LogP contribution in [-0.4, -0.2) is 31.1 Å². The van der Waals surface area contributed by atoms with Crippen LogP contribution in [-0.2, 0) is 12.7 Å². The van der Waals surface area contributed by atoms with Crippen molar-refractivity contribution in [3.8, 4) is 0 Å². The van der Waals surface area contributed by atoms with E-state index >= 15 is 0 Å². The Labute approximate surface area is 119 Å². The molecule has 1 aromatic carbocycles. The van der Waals surface area contributed by atoms with Gasteiger partial charge in [-0.25, -0.2) is 0 Å². The third kappa shape index (κ3) is 5.92. The number of halogens is 3. The van der Waals surface area contributed by atoms with Crippen molar-refractivity contribution >= 4 is 0 Å². The van der Waals surface area contributed by atoms with Crippen molar-refractivity contribution in [1.82, 2.24) is 10.2 Å². The summed E-state index contributed by atoms with van der Waals surface area (Å²) in [6.07, 6.45) is -3.16. The summed E-state index contributed by atoms with van der Waals surface area (Å²) in [5.74, 6) is 0. The Kier molecular flexibility index (Phi) is 7.02. The molecule has 0 heterocycles. The van der Waals surface area contributed by atoms with Gasteiger partial charge in [-0.05, 0) is 31.1 Å². The Morgan fingerprint density at radius 1 is 1.15 bits per heavy atom. The van der Waals surface area contributed by atoms with E-state index in [-0.39, 0.29) is 0 Å². The minimum absolute atomic E-state index is 0.466. The topological polar surface area (TPSA) is 15.3 Å². The van der Waals surface area contributed by atoms with E-state index in [2.05, 4.69) is 24.1 Å². The highest BCUT2D eigenvalue weighted by Gasteiger charge is 2.30. The van der Waals surface area contributed by atoms with Crippen molar-refractivity contribution < 1.29 is 13.2 Å². The van der Waals surface area contributed by atoms with Gasteiger partial charge >= 0.3 is 6.18 Å². The predicted octanol–water partition coefficient (Wildman–Crippen LogP) is 3.53. The lowest BCUT2D eigenvalue weighted by atomic mass is 10.1. The Morgan fingerprint density at radius 3 is 2.50 bits per heavy atom. The van der Waals surface area contributed by atoms with Crippen molar-refractivity contribution in [2.45, 2.75) is 33.0 Å². The smallest absolute Gasteiger partial charge is 0.311 e. The molecule has 2 nitrogen and oxygen atoms in total. The first-order valence-corrected chi connectivity index (χ1v) is 7.06. The molecule has 20 heavy (non-hydrogen) atoms. The average Bonchev–Trinajstić information content (AvgIpc) is 2.41. The van der Waals surface area contributed by atoms with Gasteiger partial charge in [-0.2, -0.15) is 13.2 Å². The van der Waals surface area contributed by atoms with Gasteiger partial charge in [-0.15, -0.1) is 0 Å². The van der Waals surface area contributed by atoms with Crippen LogP contribution in [0.15, 0.2) is 24.3 Å². The molecule has 0 atom stereocenters. The highest BCUT2D eigenvalue weighted by Crippen LogP contribution is 2.29. The third-order valence-corrected chi connectivity index (χ3v) is 3.18. The molecular formula is C15H23F3N2.